The number of halogens is 2. The highest BCUT2D eigenvalue weighted by Crippen LogP contribution is 2.23. The molecule has 0 radical (unpaired) electrons. The molecule has 0 aliphatic carbocycles. The molecule has 1 unspecified atom stereocenters. The van der Waals surface area contributed by atoms with Crippen LogP contribution in [0.3, 0.4) is 0 Å². The summed E-state index contributed by atoms with van der Waals surface area (Å²) in [6, 6.07) is 14.0. The summed E-state index contributed by atoms with van der Waals surface area (Å²) in [6.07, 6.45) is 3.49. The smallest absolute Gasteiger partial charge is 0.244 e. The molecule has 2 aromatic rings. The van der Waals surface area contributed by atoms with Crippen LogP contribution >= 0.6 is 35.6 Å². The zero-order valence-corrected chi connectivity index (χ0v) is 21.7. The van der Waals surface area contributed by atoms with Crippen molar-refractivity contribution in [2.75, 3.05) is 44.7 Å². The van der Waals surface area contributed by atoms with Crippen LogP contribution in [0.1, 0.15) is 19.0 Å². The normalized spacial score (nSPS) is 15.8. The number of guanidine groups is 1. The fraction of sp³-hybridized carbons (Fsp3) is 0.435. The third kappa shape index (κ3) is 8.12. The molecule has 1 atom stereocenters. The molecule has 0 saturated carbocycles. The lowest BCUT2D eigenvalue weighted by atomic mass is 10.2. The molecule has 1 aliphatic rings. The Hall–Kier alpha value is -2.07. The average molecular weight is 571 g/mol. The van der Waals surface area contributed by atoms with Crippen molar-refractivity contribution in [2.24, 2.45) is 4.99 Å². The van der Waals surface area contributed by atoms with Gasteiger partial charge in [0.15, 0.2) is 5.96 Å². The van der Waals surface area contributed by atoms with Crippen LogP contribution in [-0.4, -0.2) is 67.6 Å². The zero-order valence-electron chi connectivity index (χ0n) is 18.6. The van der Waals surface area contributed by atoms with E-state index in [1.807, 2.05) is 43.3 Å². The number of hydrogen-bond donors (Lipinski definition) is 2. The minimum atomic E-state index is -0.0138. The number of likely N-dealkylation sites (N-methyl/N-ethyl adjacent to an activating group) is 1. The molecule has 7 nitrogen and oxygen atoms in total. The number of hydrogen-bond acceptors (Lipinski definition) is 4. The molecule has 1 fully saturated rings. The Morgan fingerprint density at radius 2 is 2.16 bits per heavy atom. The van der Waals surface area contributed by atoms with Crippen molar-refractivity contribution in [3.05, 3.63) is 59.4 Å². The van der Waals surface area contributed by atoms with Crippen molar-refractivity contribution in [1.82, 2.24) is 20.5 Å². The van der Waals surface area contributed by atoms with Gasteiger partial charge in [0.2, 0.25) is 5.91 Å². The molecule has 1 aromatic heterocycles. The molecule has 2 N–H and O–H groups in total. The summed E-state index contributed by atoms with van der Waals surface area (Å²) < 4.78 is 0. The van der Waals surface area contributed by atoms with Crippen molar-refractivity contribution in [2.45, 2.75) is 25.8 Å². The number of amides is 1. The Bertz CT molecular complexity index is 882. The molecule has 3 rings (SSSR count). The van der Waals surface area contributed by atoms with Crippen LogP contribution in [-0.2, 0) is 11.2 Å². The highest BCUT2D eigenvalue weighted by molar-refractivity contribution is 14.0. The van der Waals surface area contributed by atoms with Gasteiger partial charge in [-0.3, -0.25) is 9.78 Å². The Morgan fingerprint density at radius 1 is 1.31 bits per heavy atom. The lowest BCUT2D eigenvalue weighted by Crippen LogP contribution is -2.45. The molecule has 1 aromatic carbocycles. The first-order valence-electron chi connectivity index (χ1n) is 10.7. The molecule has 1 saturated heterocycles. The average Bonchev–Trinajstić information content (AvgIpc) is 3.25. The number of benzene rings is 1. The number of aromatic nitrogens is 1. The van der Waals surface area contributed by atoms with E-state index in [9.17, 15) is 4.79 Å². The first kappa shape index (κ1) is 26.2. The molecule has 0 spiro atoms. The second-order valence-corrected chi connectivity index (χ2v) is 8.07. The fourth-order valence-electron chi connectivity index (χ4n) is 3.52. The predicted octanol–water partition coefficient (Wildman–Crippen LogP) is 3.19. The number of aliphatic imine (C=N–C) groups is 1. The zero-order chi connectivity index (χ0) is 22.1. The second kappa shape index (κ2) is 13.5. The van der Waals surface area contributed by atoms with Crippen molar-refractivity contribution in [3.63, 3.8) is 0 Å². The highest BCUT2D eigenvalue weighted by Gasteiger charge is 2.23. The topological polar surface area (TPSA) is 72.9 Å². The minimum absolute atomic E-state index is 0. The van der Waals surface area contributed by atoms with Gasteiger partial charge in [0, 0.05) is 68.3 Å². The predicted molar refractivity (Wildman–Crippen MR) is 142 cm³/mol. The summed E-state index contributed by atoms with van der Waals surface area (Å²) in [4.78, 5) is 25.3. The molecule has 32 heavy (non-hydrogen) atoms. The SMILES string of the molecule is CCNC(=NCC(=O)N(C)CCc1ccccn1)NC1CCN(c2cccc(Cl)c2)C1.I. The Labute approximate surface area is 212 Å². The molecule has 174 valence electrons. The van der Waals surface area contributed by atoms with Crippen molar-refractivity contribution in [3.8, 4) is 0 Å². The Kier molecular flexibility index (Phi) is 11.0. The quantitative estimate of drug-likeness (QED) is 0.290. The van der Waals surface area contributed by atoms with Gasteiger partial charge in [0.25, 0.3) is 0 Å². The van der Waals surface area contributed by atoms with Crippen molar-refractivity contribution >= 4 is 53.1 Å². The van der Waals surface area contributed by atoms with Gasteiger partial charge in [0.05, 0.1) is 0 Å². The third-order valence-electron chi connectivity index (χ3n) is 5.27. The van der Waals surface area contributed by atoms with Crippen LogP contribution in [0.5, 0.6) is 0 Å². The molecule has 2 heterocycles. The summed E-state index contributed by atoms with van der Waals surface area (Å²) in [7, 11) is 1.81. The summed E-state index contributed by atoms with van der Waals surface area (Å²) in [5.41, 5.74) is 2.11. The first-order valence-corrected chi connectivity index (χ1v) is 11.1. The van der Waals surface area contributed by atoms with E-state index in [4.69, 9.17) is 11.6 Å². The monoisotopic (exact) mass is 570 g/mol. The number of pyridine rings is 1. The van der Waals surface area contributed by atoms with E-state index in [1.165, 1.54) is 0 Å². The number of carbonyl (C=O) groups is 1. The second-order valence-electron chi connectivity index (χ2n) is 7.64. The summed E-state index contributed by atoms with van der Waals surface area (Å²) in [6.45, 7) is 5.30. The van der Waals surface area contributed by atoms with Crippen LogP contribution < -0.4 is 15.5 Å². The van der Waals surface area contributed by atoms with Gasteiger partial charge >= 0.3 is 0 Å². The maximum Gasteiger partial charge on any atom is 0.244 e. The maximum atomic E-state index is 12.5. The van der Waals surface area contributed by atoms with E-state index in [-0.39, 0.29) is 42.5 Å². The van der Waals surface area contributed by atoms with Crippen LogP contribution in [0.4, 0.5) is 5.69 Å². The van der Waals surface area contributed by atoms with Gasteiger partial charge in [-0.15, -0.1) is 24.0 Å². The number of anilines is 1. The molecular formula is C23H32ClIN6O. The van der Waals surface area contributed by atoms with E-state index < -0.39 is 0 Å². The van der Waals surface area contributed by atoms with E-state index in [2.05, 4.69) is 31.6 Å². The molecule has 1 amide bonds. The van der Waals surface area contributed by atoms with Gasteiger partial charge in [-0.05, 0) is 43.7 Å². The minimum Gasteiger partial charge on any atom is -0.369 e. The first-order chi connectivity index (χ1) is 15.0. The summed E-state index contributed by atoms with van der Waals surface area (Å²) in [5, 5.41) is 7.46. The van der Waals surface area contributed by atoms with E-state index in [1.54, 1.807) is 18.1 Å². The Morgan fingerprint density at radius 3 is 2.88 bits per heavy atom. The summed E-state index contributed by atoms with van der Waals surface area (Å²) in [5.74, 6) is 0.659. The standard InChI is InChI=1S/C23H31ClN6O.HI/c1-3-25-23(27-16-22(31)29(2)13-10-19-8-4-5-12-26-19)28-20-11-14-30(17-20)21-9-6-7-18(24)15-21;/h4-9,12,15,20H,3,10-11,13-14,16-17H2,1-2H3,(H2,25,27,28);1H. The fourth-order valence-corrected chi connectivity index (χ4v) is 3.70. The van der Waals surface area contributed by atoms with E-state index in [0.29, 0.717) is 12.5 Å². The summed E-state index contributed by atoms with van der Waals surface area (Å²) >= 11 is 6.13. The van der Waals surface area contributed by atoms with Gasteiger partial charge in [0.1, 0.15) is 6.54 Å². The van der Waals surface area contributed by atoms with Crippen LogP contribution in [0.15, 0.2) is 53.7 Å². The van der Waals surface area contributed by atoms with Crippen molar-refractivity contribution < 1.29 is 4.79 Å². The van der Waals surface area contributed by atoms with Gasteiger partial charge in [-0.25, -0.2) is 4.99 Å². The van der Waals surface area contributed by atoms with Crippen LogP contribution in [0, 0.1) is 0 Å². The van der Waals surface area contributed by atoms with Crippen LogP contribution in [0.2, 0.25) is 5.02 Å². The number of carbonyl (C=O) groups excluding carboxylic acids is 1. The van der Waals surface area contributed by atoms with Crippen molar-refractivity contribution in [1.29, 1.82) is 0 Å². The molecule has 0 bridgehead atoms. The highest BCUT2D eigenvalue weighted by atomic mass is 127. The third-order valence-corrected chi connectivity index (χ3v) is 5.51. The van der Waals surface area contributed by atoms with Crippen LogP contribution in [0.25, 0.3) is 0 Å². The van der Waals surface area contributed by atoms with E-state index >= 15 is 0 Å². The molecule has 9 heteroatoms. The van der Waals surface area contributed by atoms with Gasteiger partial charge in [-0.1, -0.05) is 23.7 Å². The lowest BCUT2D eigenvalue weighted by Gasteiger charge is -2.21. The maximum absolute atomic E-state index is 12.5. The molecular weight excluding hydrogens is 539 g/mol. The Balaban J connectivity index is 0.00000363. The number of nitrogens with one attached hydrogen (secondary N) is 2. The van der Waals surface area contributed by atoms with Gasteiger partial charge < -0.3 is 20.4 Å². The van der Waals surface area contributed by atoms with Gasteiger partial charge in [-0.2, -0.15) is 0 Å². The lowest BCUT2D eigenvalue weighted by molar-refractivity contribution is -0.128. The molecule has 1 aliphatic heterocycles. The largest absolute Gasteiger partial charge is 0.369 e. The number of nitrogens with zero attached hydrogens (tertiary/aromatic N) is 4. The van der Waals surface area contributed by atoms with E-state index in [0.717, 1.165) is 48.9 Å². The number of rotatable bonds is 8.